The summed E-state index contributed by atoms with van der Waals surface area (Å²) in [5.41, 5.74) is 9.83. The van der Waals surface area contributed by atoms with Crippen molar-refractivity contribution >= 4 is 76.9 Å². The third kappa shape index (κ3) is 3.61. The molecule has 2 aromatic heterocycles. The number of benzene rings is 7. The number of aliphatic imine (C=N–C) groups is 1. The lowest BCUT2D eigenvalue weighted by molar-refractivity contribution is 0.571. The lowest BCUT2D eigenvalue weighted by Crippen LogP contribution is -2.35. The minimum atomic E-state index is -0.272. The Labute approximate surface area is 282 Å². The van der Waals surface area contributed by atoms with E-state index in [1.165, 1.54) is 49.0 Å². The first-order valence-electron chi connectivity index (χ1n) is 17.0. The number of aromatic nitrogens is 1. The molecular weight excluding hydrogens is 599 g/mol. The van der Waals surface area contributed by atoms with Gasteiger partial charge in [0.05, 0.1) is 16.7 Å². The van der Waals surface area contributed by atoms with Crippen LogP contribution >= 0.6 is 0 Å². The molecular formula is C45H31N3O. The van der Waals surface area contributed by atoms with Crippen LogP contribution in [0.1, 0.15) is 36.6 Å². The fourth-order valence-electron chi connectivity index (χ4n) is 8.73. The molecule has 0 saturated heterocycles. The third-order valence-electron chi connectivity index (χ3n) is 11.0. The van der Waals surface area contributed by atoms with Crippen LogP contribution in [0.4, 0.5) is 0 Å². The molecule has 1 atom stereocenters. The summed E-state index contributed by atoms with van der Waals surface area (Å²) in [6, 6.07) is 50.0. The van der Waals surface area contributed by atoms with Gasteiger partial charge in [0.15, 0.2) is 0 Å². The molecule has 1 aliphatic heterocycles. The fraction of sp³-hybridized carbons (Fsp3) is 0.0889. The quantitative estimate of drug-likeness (QED) is 0.196. The second kappa shape index (κ2) is 9.48. The molecule has 4 heteroatoms. The molecule has 232 valence electrons. The summed E-state index contributed by atoms with van der Waals surface area (Å²) in [5, 5.41) is 13.5. The predicted octanol–water partition coefficient (Wildman–Crippen LogP) is 11.3. The van der Waals surface area contributed by atoms with Crippen molar-refractivity contribution in [3.8, 4) is 0 Å². The van der Waals surface area contributed by atoms with E-state index in [1.54, 1.807) is 0 Å². The Morgan fingerprint density at radius 1 is 0.612 bits per heavy atom. The minimum absolute atomic E-state index is 0.250. The largest absolute Gasteiger partial charge is 0.456 e. The van der Waals surface area contributed by atoms with Gasteiger partial charge in [-0.25, -0.2) is 4.99 Å². The number of hydrogen-bond acceptors (Lipinski definition) is 3. The highest BCUT2D eigenvalue weighted by Crippen LogP contribution is 2.54. The van der Waals surface area contributed by atoms with Crippen LogP contribution in [-0.4, -0.2) is 10.5 Å². The Morgan fingerprint density at radius 3 is 1.92 bits per heavy atom. The van der Waals surface area contributed by atoms with Crippen molar-refractivity contribution in [2.24, 2.45) is 4.99 Å². The van der Waals surface area contributed by atoms with E-state index in [1.807, 2.05) is 6.07 Å². The maximum atomic E-state index is 6.67. The first kappa shape index (κ1) is 26.9. The molecule has 9 aromatic rings. The van der Waals surface area contributed by atoms with Crippen LogP contribution in [0.3, 0.4) is 0 Å². The van der Waals surface area contributed by atoms with Gasteiger partial charge in [-0.15, -0.1) is 0 Å². The molecule has 11 rings (SSSR count). The van der Waals surface area contributed by atoms with Gasteiger partial charge in [0.2, 0.25) is 5.96 Å². The van der Waals surface area contributed by atoms with Crippen LogP contribution in [0, 0.1) is 0 Å². The highest BCUT2D eigenvalue weighted by Gasteiger charge is 2.45. The first-order chi connectivity index (χ1) is 24.0. The highest BCUT2D eigenvalue weighted by atomic mass is 16.3. The summed E-state index contributed by atoms with van der Waals surface area (Å²) in [5.74, 6) is 0.815. The number of nitrogens with zero attached hydrogens (tertiary/aromatic N) is 2. The summed E-state index contributed by atoms with van der Waals surface area (Å²) >= 11 is 0. The maximum absolute atomic E-state index is 6.67. The average Bonchev–Trinajstić information content (AvgIpc) is 3.74. The molecule has 4 nitrogen and oxygen atoms in total. The molecule has 1 unspecified atom stereocenters. The maximum Gasteiger partial charge on any atom is 0.208 e. The lowest BCUT2D eigenvalue weighted by Gasteiger charge is -2.33. The zero-order chi connectivity index (χ0) is 32.4. The van der Waals surface area contributed by atoms with Gasteiger partial charge >= 0.3 is 0 Å². The second-order valence-electron chi connectivity index (χ2n) is 14.0. The van der Waals surface area contributed by atoms with Crippen LogP contribution in [0.5, 0.6) is 0 Å². The van der Waals surface area contributed by atoms with Crippen LogP contribution in [0.15, 0.2) is 155 Å². The molecule has 49 heavy (non-hydrogen) atoms. The number of fused-ring (bicyclic) bond motifs is 10. The van der Waals surface area contributed by atoms with Gasteiger partial charge in [-0.1, -0.05) is 123 Å². The zero-order valence-electron chi connectivity index (χ0n) is 27.2. The van der Waals surface area contributed by atoms with E-state index >= 15 is 0 Å². The smallest absolute Gasteiger partial charge is 0.208 e. The average molecular weight is 630 g/mol. The Balaban J connectivity index is 1.25. The van der Waals surface area contributed by atoms with Gasteiger partial charge in [-0.3, -0.25) is 4.57 Å². The molecule has 0 fully saturated rings. The van der Waals surface area contributed by atoms with E-state index in [0.29, 0.717) is 0 Å². The lowest BCUT2D eigenvalue weighted by atomic mass is 9.76. The first-order valence-corrected chi connectivity index (χ1v) is 17.0. The van der Waals surface area contributed by atoms with Crippen molar-refractivity contribution in [3.05, 3.63) is 162 Å². The van der Waals surface area contributed by atoms with Gasteiger partial charge in [0, 0.05) is 38.1 Å². The normalized spacial score (nSPS) is 16.9. The predicted molar refractivity (Wildman–Crippen MR) is 203 cm³/mol. The summed E-state index contributed by atoms with van der Waals surface area (Å²) in [6.07, 6.45) is 0. The number of nitrogens with one attached hydrogen (secondary N) is 1. The van der Waals surface area contributed by atoms with Crippen molar-refractivity contribution in [1.82, 2.24) is 9.88 Å². The van der Waals surface area contributed by atoms with Gasteiger partial charge in [0.25, 0.3) is 0 Å². The molecule has 7 aromatic carbocycles. The van der Waals surface area contributed by atoms with Crippen molar-refractivity contribution in [1.29, 1.82) is 0 Å². The van der Waals surface area contributed by atoms with Gasteiger partial charge in [-0.2, -0.15) is 0 Å². The number of furan rings is 1. The molecule has 1 N–H and O–H groups in total. The Kier molecular flexibility index (Phi) is 5.20. The Hall–Kier alpha value is -6.13. The fourth-order valence-corrected chi connectivity index (χ4v) is 8.73. The molecule has 0 bridgehead atoms. The van der Waals surface area contributed by atoms with Gasteiger partial charge in [0.1, 0.15) is 17.2 Å². The minimum Gasteiger partial charge on any atom is -0.456 e. The summed E-state index contributed by atoms with van der Waals surface area (Å²) in [4.78, 5) is 5.75. The monoisotopic (exact) mass is 629 g/mol. The van der Waals surface area contributed by atoms with E-state index < -0.39 is 0 Å². The Morgan fingerprint density at radius 2 is 1.20 bits per heavy atom. The topological polar surface area (TPSA) is 42.5 Å². The molecule has 0 saturated carbocycles. The van der Waals surface area contributed by atoms with Crippen molar-refractivity contribution < 1.29 is 4.42 Å². The van der Waals surface area contributed by atoms with E-state index in [4.69, 9.17) is 9.41 Å². The molecule has 0 spiro atoms. The van der Waals surface area contributed by atoms with Gasteiger partial charge in [-0.05, 0) is 63.0 Å². The molecule has 1 aliphatic carbocycles. The molecule has 0 radical (unpaired) electrons. The van der Waals surface area contributed by atoms with Crippen molar-refractivity contribution in [3.63, 3.8) is 0 Å². The van der Waals surface area contributed by atoms with E-state index in [0.717, 1.165) is 50.2 Å². The number of para-hydroxylation sites is 2. The molecule has 3 heterocycles. The standard InChI is InChI=1S/C45H31N3O/c1-45(2)36-20-9-7-17-32(36)41-40(45)42(33-19-11-18-31-30-16-8-10-21-39(30)49-43(31)33)47-44(46-41)48-37-24-28-14-5-3-12-26(28)22-34(37)35-23-27-13-4-6-15-29(27)25-38(35)48/h3-25,42H,1-2H3,(H,46,47). The Bertz CT molecular complexity index is 2860. The summed E-state index contributed by atoms with van der Waals surface area (Å²) in [7, 11) is 0. The SMILES string of the molecule is CC1(C)C2=C(NC(n3c4cc5ccccc5cc4c4cc5ccccc5cc43)=NC2c2cccc3c2oc2ccccc23)c2ccccc21. The molecule has 0 amide bonds. The number of hydrogen-bond donors (Lipinski definition) is 1. The highest BCUT2D eigenvalue weighted by molar-refractivity contribution is 6.20. The van der Waals surface area contributed by atoms with Crippen molar-refractivity contribution in [2.45, 2.75) is 25.3 Å². The van der Waals surface area contributed by atoms with E-state index in [9.17, 15) is 0 Å². The van der Waals surface area contributed by atoms with Crippen molar-refractivity contribution in [2.75, 3.05) is 0 Å². The van der Waals surface area contributed by atoms with E-state index in [2.05, 4.69) is 157 Å². The van der Waals surface area contributed by atoms with Crippen LogP contribution in [-0.2, 0) is 5.41 Å². The molecule has 2 aliphatic rings. The number of rotatable bonds is 1. The van der Waals surface area contributed by atoms with E-state index in [-0.39, 0.29) is 11.5 Å². The third-order valence-corrected chi connectivity index (χ3v) is 11.0. The second-order valence-corrected chi connectivity index (χ2v) is 14.0. The zero-order valence-corrected chi connectivity index (χ0v) is 27.2. The van der Waals surface area contributed by atoms with Gasteiger partial charge < -0.3 is 9.73 Å². The van der Waals surface area contributed by atoms with Crippen LogP contribution in [0.25, 0.3) is 71.0 Å². The summed E-state index contributed by atoms with van der Waals surface area (Å²) < 4.78 is 9.03. The van der Waals surface area contributed by atoms with Crippen LogP contribution in [0.2, 0.25) is 0 Å². The summed E-state index contributed by atoms with van der Waals surface area (Å²) in [6.45, 7) is 4.67. The van der Waals surface area contributed by atoms with Crippen LogP contribution < -0.4 is 5.32 Å².